The van der Waals surface area contributed by atoms with Gasteiger partial charge in [-0.3, -0.25) is 4.79 Å². The molecule has 3 aliphatic rings. The number of ether oxygens (including phenoxy) is 2. The maximum Gasteiger partial charge on any atom is 0.317 e. The third kappa shape index (κ3) is 4.75. The summed E-state index contributed by atoms with van der Waals surface area (Å²) in [5.74, 6) is 1.57. The number of hydrogen-bond acceptors (Lipinski definition) is 4. The van der Waals surface area contributed by atoms with Crippen molar-refractivity contribution in [2.24, 2.45) is 5.92 Å². The molecule has 2 saturated heterocycles. The Morgan fingerprint density at radius 1 is 1.06 bits per heavy atom. The first-order valence-electron chi connectivity index (χ1n) is 13.4. The number of nitrogens with one attached hydrogen (secondary N) is 1. The molecule has 0 bridgehead atoms. The van der Waals surface area contributed by atoms with Crippen LogP contribution in [0, 0.1) is 5.92 Å². The van der Waals surface area contributed by atoms with E-state index < -0.39 is 0 Å². The van der Waals surface area contributed by atoms with Crippen LogP contribution in [0.2, 0.25) is 0 Å². The Kier molecular flexibility index (Phi) is 7.35. The summed E-state index contributed by atoms with van der Waals surface area (Å²) in [4.78, 5) is 30.9. The van der Waals surface area contributed by atoms with Crippen LogP contribution in [0.15, 0.2) is 42.5 Å². The first-order valence-corrected chi connectivity index (χ1v) is 13.4. The van der Waals surface area contributed by atoms with Gasteiger partial charge in [-0.1, -0.05) is 30.3 Å². The first-order chi connectivity index (χ1) is 17.6. The summed E-state index contributed by atoms with van der Waals surface area (Å²) in [7, 11) is 0. The second-order valence-corrected chi connectivity index (χ2v) is 9.87. The second-order valence-electron chi connectivity index (χ2n) is 9.87. The molecule has 0 radical (unpaired) electrons. The van der Waals surface area contributed by atoms with Gasteiger partial charge in [-0.05, 0) is 74.8 Å². The number of carbonyl (C=O) groups is 2. The maximum atomic E-state index is 13.7. The molecule has 2 aromatic carbocycles. The molecular weight excluding hydrogens is 454 g/mol. The van der Waals surface area contributed by atoms with E-state index in [4.69, 9.17) is 9.47 Å². The van der Waals surface area contributed by atoms with Crippen molar-refractivity contribution in [3.8, 4) is 11.5 Å². The molecule has 0 spiro atoms. The van der Waals surface area contributed by atoms with Crippen LogP contribution in [0.5, 0.6) is 11.5 Å². The van der Waals surface area contributed by atoms with E-state index in [0.29, 0.717) is 32.8 Å². The number of urea groups is 1. The van der Waals surface area contributed by atoms with E-state index in [-0.39, 0.29) is 29.9 Å². The van der Waals surface area contributed by atoms with Gasteiger partial charge in [-0.15, -0.1) is 0 Å². The fourth-order valence-electron chi connectivity index (χ4n) is 6.15. The van der Waals surface area contributed by atoms with E-state index in [1.807, 2.05) is 36.9 Å². The molecule has 0 aliphatic carbocycles. The zero-order valence-corrected chi connectivity index (χ0v) is 21.4. The van der Waals surface area contributed by atoms with Crippen molar-refractivity contribution in [1.29, 1.82) is 0 Å². The van der Waals surface area contributed by atoms with E-state index in [1.54, 1.807) is 0 Å². The number of nitrogens with zero attached hydrogens (tertiary/aromatic N) is 2. The van der Waals surface area contributed by atoms with Gasteiger partial charge in [0.1, 0.15) is 0 Å². The summed E-state index contributed by atoms with van der Waals surface area (Å²) in [6.07, 6.45) is 4.07. The van der Waals surface area contributed by atoms with Crippen molar-refractivity contribution >= 4 is 11.9 Å². The van der Waals surface area contributed by atoms with Crippen molar-refractivity contribution in [2.45, 2.75) is 58.0 Å². The molecule has 3 amide bonds. The molecule has 7 nitrogen and oxygen atoms in total. The number of piperidine rings is 2. The van der Waals surface area contributed by atoms with Crippen LogP contribution in [0.4, 0.5) is 4.79 Å². The standard InChI is InChI=1S/C29H37N3O4/c1-3-35-26-17-21-13-16-31-25(23(21)18-27(26)36-4-2)19-24-22(28(31)33)11-8-15-32(24)29(34)30-14-12-20-9-6-5-7-10-20/h5-7,9-10,17-18,22,24-25H,3-4,8,11-16,19H2,1-2H3,(H,30,34)/t22-,24-,25-/m0/s1. The van der Waals surface area contributed by atoms with Crippen molar-refractivity contribution < 1.29 is 19.1 Å². The van der Waals surface area contributed by atoms with E-state index in [0.717, 1.165) is 49.2 Å². The average molecular weight is 492 g/mol. The number of likely N-dealkylation sites (tertiary alicyclic amines) is 1. The quantitative estimate of drug-likeness (QED) is 0.625. The van der Waals surface area contributed by atoms with Crippen molar-refractivity contribution in [3.05, 3.63) is 59.2 Å². The third-order valence-electron chi connectivity index (χ3n) is 7.80. The normalized spacial score (nSPS) is 22.8. The topological polar surface area (TPSA) is 71.1 Å². The molecule has 192 valence electrons. The van der Waals surface area contributed by atoms with Gasteiger partial charge in [0.2, 0.25) is 5.91 Å². The molecule has 3 atom stereocenters. The van der Waals surface area contributed by atoms with Gasteiger partial charge in [0.15, 0.2) is 11.5 Å². The predicted octanol–water partition coefficient (Wildman–Crippen LogP) is 4.35. The number of carbonyl (C=O) groups excluding carboxylic acids is 2. The summed E-state index contributed by atoms with van der Waals surface area (Å²) in [6.45, 7) is 7.05. The Balaban J connectivity index is 1.35. The summed E-state index contributed by atoms with van der Waals surface area (Å²) in [5, 5.41) is 3.11. The first kappa shape index (κ1) is 24.5. The van der Waals surface area contributed by atoms with Crippen molar-refractivity contribution in [3.63, 3.8) is 0 Å². The lowest BCUT2D eigenvalue weighted by Crippen LogP contribution is -2.61. The molecule has 3 heterocycles. The monoisotopic (exact) mass is 491 g/mol. The highest BCUT2D eigenvalue weighted by molar-refractivity contribution is 5.83. The zero-order chi connectivity index (χ0) is 25.1. The van der Waals surface area contributed by atoms with E-state index in [2.05, 4.69) is 34.5 Å². The highest BCUT2D eigenvalue weighted by atomic mass is 16.5. The van der Waals surface area contributed by atoms with Crippen LogP contribution >= 0.6 is 0 Å². The van der Waals surface area contributed by atoms with Gasteiger partial charge in [-0.25, -0.2) is 4.79 Å². The highest BCUT2D eigenvalue weighted by Gasteiger charge is 2.48. The molecule has 2 aromatic rings. The molecule has 0 unspecified atom stereocenters. The van der Waals surface area contributed by atoms with Crippen LogP contribution in [0.1, 0.15) is 55.8 Å². The van der Waals surface area contributed by atoms with E-state index in [9.17, 15) is 9.59 Å². The van der Waals surface area contributed by atoms with Gasteiger partial charge in [0, 0.05) is 25.7 Å². The zero-order valence-electron chi connectivity index (χ0n) is 21.4. The molecule has 5 rings (SSSR count). The van der Waals surface area contributed by atoms with E-state index in [1.165, 1.54) is 11.1 Å². The molecule has 0 saturated carbocycles. The fourth-order valence-corrected chi connectivity index (χ4v) is 6.15. The lowest BCUT2D eigenvalue weighted by atomic mass is 9.76. The minimum Gasteiger partial charge on any atom is -0.490 e. The number of fused-ring (bicyclic) bond motifs is 4. The number of amides is 3. The summed E-state index contributed by atoms with van der Waals surface area (Å²) in [6, 6.07) is 14.2. The Morgan fingerprint density at radius 2 is 1.81 bits per heavy atom. The molecule has 7 heteroatoms. The molecule has 1 N–H and O–H groups in total. The summed E-state index contributed by atoms with van der Waals surface area (Å²) < 4.78 is 11.8. The lowest BCUT2D eigenvalue weighted by molar-refractivity contribution is -0.148. The number of benzene rings is 2. The van der Waals surface area contributed by atoms with Crippen molar-refractivity contribution in [1.82, 2.24) is 15.1 Å². The largest absolute Gasteiger partial charge is 0.490 e. The predicted molar refractivity (Wildman–Crippen MR) is 138 cm³/mol. The molecule has 3 aliphatic heterocycles. The molecular formula is C29H37N3O4. The Hall–Kier alpha value is -3.22. The van der Waals surface area contributed by atoms with Crippen LogP contribution in [0.25, 0.3) is 0 Å². The summed E-state index contributed by atoms with van der Waals surface area (Å²) >= 11 is 0. The van der Waals surface area contributed by atoms with E-state index >= 15 is 0 Å². The Morgan fingerprint density at radius 3 is 2.56 bits per heavy atom. The number of hydrogen-bond donors (Lipinski definition) is 1. The molecule has 2 fully saturated rings. The molecule has 0 aromatic heterocycles. The van der Waals surface area contributed by atoms with Gasteiger partial charge in [0.05, 0.1) is 25.2 Å². The van der Waals surface area contributed by atoms with Gasteiger partial charge >= 0.3 is 6.03 Å². The minimum absolute atomic E-state index is 0.0462. The number of rotatable bonds is 7. The molecule has 36 heavy (non-hydrogen) atoms. The van der Waals surface area contributed by atoms with Gasteiger partial charge in [-0.2, -0.15) is 0 Å². The van der Waals surface area contributed by atoms with Crippen LogP contribution < -0.4 is 14.8 Å². The van der Waals surface area contributed by atoms with Crippen LogP contribution in [-0.4, -0.2) is 60.6 Å². The smallest absolute Gasteiger partial charge is 0.317 e. The van der Waals surface area contributed by atoms with Gasteiger partial charge in [0.25, 0.3) is 0 Å². The second kappa shape index (κ2) is 10.8. The average Bonchev–Trinajstić information content (AvgIpc) is 2.90. The Labute approximate surface area is 213 Å². The highest BCUT2D eigenvalue weighted by Crippen LogP contribution is 2.46. The third-order valence-corrected chi connectivity index (χ3v) is 7.80. The SMILES string of the molecule is CCOc1cc2c(cc1OCC)[C@@H]1C[C@H]3[C@H](CCCN3C(=O)NCCc3ccccc3)C(=O)N1CC2. The fraction of sp³-hybridized carbons (Fsp3) is 0.517. The van der Waals surface area contributed by atoms with Crippen LogP contribution in [0.3, 0.4) is 0 Å². The maximum absolute atomic E-state index is 13.7. The summed E-state index contributed by atoms with van der Waals surface area (Å²) in [5.41, 5.74) is 3.55. The van der Waals surface area contributed by atoms with Crippen molar-refractivity contribution in [2.75, 3.05) is 32.8 Å². The Bertz CT molecular complexity index is 1090. The lowest BCUT2D eigenvalue weighted by Gasteiger charge is -2.51. The van der Waals surface area contributed by atoms with Crippen LogP contribution in [-0.2, 0) is 17.6 Å². The van der Waals surface area contributed by atoms with Gasteiger partial charge < -0.3 is 24.6 Å². The minimum atomic E-state index is -0.120.